The summed E-state index contributed by atoms with van der Waals surface area (Å²) in [5, 5.41) is 15.4. The topological polar surface area (TPSA) is 119 Å². The second-order valence-electron chi connectivity index (χ2n) is 10.5. The van der Waals surface area contributed by atoms with Crippen molar-refractivity contribution in [3.63, 3.8) is 0 Å². The van der Waals surface area contributed by atoms with Crippen molar-refractivity contribution in [1.29, 1.82) is 5.26 Å². The fourth-order valence-corrected chi connectivity index (χ4v) is 5.48. The molecule has 3 aliphatic rings. The number of piperazine rings is 1. The molecule has 0 atom stereocenters. The maximum atomic E-state index is 15.6. The summed E-state index contributed by atoms with van der Waals surface area (Å²) in [5.41, 5.74) is 0.680. The van der Waals surface area contributed by atoms with Crippen molar-refractivity contribution in [2.75, 3.05) is 36.4 Å². The van der Waals surface area contributed by atoms with E-state index in [1.54, 1.807) is 18.2 Å². The molecule has 2 aliphatic heterocycles. The number of hydrogen-bond donors (Lipinski definition) is 2. The molecule has 2 aromatic carbocycles. The lowest BCUT2D eigenvalue weighted by molar-refractivity contribution is 0.0932. The maximum absolute atomic E-state index is 15.6. The van der Waals surface area contributed by atoms with Gasteiger partial charge in [0.25, 0.3) is 5.91 Å². The number of nitrogens with one attached hydrogen (secondary N) is 2. The molecule has 1 amide bonds. The van der Waals surface area contributed by atoms with Gasteiger partial charge in [-0.2, -0.15) is 10.2 Å². The van der Waals surface area contributed by atoms with Crippen molar-refractivity contribution >= 4 is 40.3 Å². The first-order valence-electron chi connectivity index (χ1n) is 13.3. The van der Waals surface area contributed by atoms with Crippen LogP contribution in [0.1, 0.15) is 42.1 Å². The Hall–Kier alpha value is -4.37. The monoisotopic (exact) mass is 546 g/mol. The van der Waals surface area contributed by atoms with E-state index in [0.717, 1.165) is 12.8 Å². The third-order valence-corrected chi connectivity index (χ3v) is 7.92. The maximum Gasteiger partial charge on any atom is 0.349 e. The molecule has 0 radical (unpaired) electrons. The van der Waals surface area contributed by atoms with Gasteiger partial charge in [-0.25, -0.2) is 18.6 Å². The summed E-state index contributed by atoms with van der Waals surface area (Å²) in [6.07, 6.45) is 3.24. The third-order valence-electron chi connectivity index (χ3n) is 7.92. The predicted octanol–water partition coefficient (Wildman–Crippen LogP) is 3.28. The van der Waals surface area contributed by atoms with Crippen LogP contribution in [0.25, 0.3) is 10.9 Å². The van der Waals surface area contributed by atoms with E-state index in [4.69, 9.17) is 5.26 Å². The highest BCUT2D eigenvalue weighted by Gasteiger charge is 2.44. The highest BCUT2D eigenvalue weighted by molar-refractivity contribution is 6.06. The lowest BCUT2D eigenvalue weighted by atomic mass is 10.1. The number of nitriles is 1. The molecule has 1 saturated carbocycles. The summed E-state index contributed by atoms with van der Waals surface area (Å²) in [4.78, 5) is 37.3. The normalized spacial score (nSPS) is 17.4. The van der Waals surface area contributed by atoms with Gasteiger partial charge in [-0.1, -0.05) is 0 Å². The van der Waals surface area contributed by atoms with Crippen molar-refractivity contribution in [3.05, 3.63) is 57.5 Å². The molecule has 0 unspecified atom stereocenters. The second kappa shape index (κ2) is 9.98. The average molecular weight is 547 g/mol. The van der Waals surface area contributed by atoms with Gasteiger partial charge in [0, 0.05) is 50.4 Å². The van der Waals surface area contributed by atoms with Crippen LogP contribution in [-0.2, 0) is 13.1 Å². The Balaban J connectivity index is 1.14. The number of amides is 1. The Morgan fingerprint density at radius 3 is 2.65 bits per heavy atom. The number of nitrogens with zero attached hydrogens (tertiary/aromatic N) is 6. The molecule has 0 spiro atoms. The molecule has 6 rings (SSSR count). The van der Waals surface area contributed by atoms with Crippen molar-refractivity contribution in [3.8, 4) is 6.07 Å². The number of carbonyl (C=O) groups excluding carboxylic acids is 1. The van der Waals surface area contributed by atoms with Gasteiger partial charge in [0.15, 0.2) is 5.82 Å². The van der Waals surface area contributed by atoms with Crippen LogP contribution < -0.4 is 21.2 Å². The van der Waals surface area contributed by atoms with Crippen LogP contribution in [-0.4, -0.2) is 58.4 Å². The van der Waals surface area contributed by atoms with Crippen LogP contribution in [0.4, 0.5) is 26.0 Å². The summed E-state index contributed by atoms with van der Waals surface area (Å²) in [7, 11) is 0. The van der Waals surface area contributed by atoms with E-state index in [1.165, 1.54) is 17.0 Å². The van der Waals surface area contributed by atoms with Crippen molar-refractivity contribution in [2.45, 2.75) is 44.8 Å². The van der Waals surface area contributed by atoms with Crippen LogP contribution in [0.2, 0.25) is 0 Å². The van der Waals surface area contributed by atoms with Crippen molar-refractivity contribution < 1.29 is 13.6 Å². The van der Waals surface area contributed by atoms with Crippen LogP contribution >= 0.6 is 0 Å². The lowest BCUT2D eigenvalue weighted by Gasteiger charge is -2.36. The summed E-state index contributed by atoms with van der Waals surface area (Å²) < 4.78 is 32.1. The van der Waals surface area contributed by atoms with Gasteiger partial charge in [-0.3, -0.25) is 14.3 Å². The van der Waals surface area contributed by atoms with E-state index in [-0.39, 0.29) is 23.4 Å². The van der Waals surface area contributed by atoms with Gasteiger partial charge in [0.2, 0.25) is 0 Å². The summed E-state index contributed by atoms with van der Waals surface area (Å²) in [5.74, 6) is -1.01. The van der Waals surface area contributed by atoms with Crippen LogP contribution in [0, 0.1) is 23.0 Å². The summed E-state index contributed by atoms with van der Waals surface area (Å²) in [6, 6.07) is 8.27. The predicted molar refractivity (Wildman–Crippen MR) is 147 cm³/mol. The molecule has 2 fully saturated rings. The number of halogens is 2. The standard InChI is InChI=1S/C28H28F2N8O2/c1-2-38-25-22-20(32-16-33-25)14-18(23(30)24(22)34-27(38)40)15-36-9-11-37(12-10-36)21-4-3-17(13-19(21)29)26(39)35-28(5-6-28)7-8-31/h3-4,13-14,16H,2,5-7,9-12,15H2,1H3,(H,32,33)(H,35,39). The number of aliphatic imine (C=N–C) groups is 1. The average Bonchev–Trinajstić information content (AvgIpc) is 3.70. The molecule has 1 aliphatic carbocycles. The molecular weight excluding hydrogens is 518 g/mol. The Morgan fingerprint density at radius 1 is 1.20 bits per heavy atom. The van der Waals surface area contributed by atoms with Gasteiger partial charge < -0.3 is 15.5 Å². The minimum atomic E-state index is -0.542. The third kappa shape index (κ3) is 4.56. The fourth-order valence-electron chi connectivity index (χ4n) is 5.48. The molecule has 40 heavy (non-hydrogen) atoms. The van der Waals surface area contributed by atoms with Crippen molar-refractivity contribution in [1.82, 2.24) is 19.8 Å². The summed E-state index contributed by atoms with van der Waals surface area (Å²) in [6.45, 7) is 4.66. The van der Waals surface area contributed by atoms with E-state index in [1.807, 2.05) is 11.8 Å². The first-order chi connectivity index (χ1) is 19.3. The highest BCUT2D eigenvalue weighted by atomic mass is 19.1. The van der Waals surface area contributed by atoms with Gasteiger partial charge >= 0.3 is 5.69 Å². The Bertz CT molecular complexity index is 1650. The molecule has 3 heterocycles. The van der Waals surface area contributed by atoms with E-state index < -0.39 is 22.9 Å². The molecule has 1 saturated heterocycles. The quantitative estimate of drug-likeness (QED) is 0.467. The van der Waals surface area contributed by atoms with Crippen LogP contribution in [0.15, 0.2) is 34.1 Å². The Labute approximate surface area is 228 Å². The first kappa shape index (κ1) is 25.9. The van der Waals surface area contributed by atoms with Gasteiger partial charge in [-0.05, 0) is 44.0 Å². The van der Waals surface area contributed by atoms with Crippen LogP contribution in [0.3, 0.4) is 0 Å². The number of anilines is 2. The van der Waals surface area contributed by atoms with Gasteiger partial charge in [-0.15, -0.1) is 0 Å². The molecule has 3 aromatic rings. The zero-order valence-electron chi connectivity index (χ0n) is 22.0. The number of aromatic nitrogens is 2. The zero-order chi connectivity index (χ0) is 28.0. The van der Waals surface area contributed by atoms with E-state index in [2.05, 4.69) is 31.6 Å². The van der Waals surface area contributed by atoms with E-state index >= 15 is 8.78 Å². The molecule has 12 heteroatoms. The number of carbonyl (C=O) groups is 1. The number of rotatable bonds is 7. The first-order valence-corrected chi connectivity index (χ1v) is 13.3. The highest BCUT2D eigenvalue weighted by Crippen LogP contribution is 2.39. The summed E-state index contributed by atoms with van der Waals surface area (Å²) >= 11 is 0. The van der Waals surface area contributed by atoms with E-state index in [0.29, 0.717) is 67.4 Å². The lowest BCUT2D eigenvalue weighted by Crippen LogP contribution is -2.46. The SMILES string of the molecule is CCn1c2c3c(cc(CN4CCN(c5ccc(C(=O)NC6(CC#N)CC6)cc5F)CC4)c(F)c3nc1=O)NC=N2. The van der Waals surface area contributed by atoms with Crippen LogP contribution in [0.5, 0.6) is 0 Å². The minimum absolute atomic E-state index is 0.00612. The molecule has 0 bridgehead atoms. The zero-order valence-corrected chi connectivity index (χ0v) is 22.0. The molecular formula is C28H28F2N8O2. The van der Waals surface area contributed by atoms with E-state index in [9.17, 15) is 9.59 Å². The molecule has 1 aromatic heterocycles. The van der Waals surface area contributed by atoms with Crippen molar-refractivity contribution in [2.24, 2.45) is 4.99 Å². The minimum Gasteiger partial charge on any atom is -0.367 e. The molecule has 10 nitrogen and oxygen atoms in total. The smallest absolute Gasteiger partial charge is 0.349 e. The number of hydrogen-bond acceptors (Lipinski definition) is 8. The van der Waals surface area contributed by atoms with Gasteiger partial charge in [0.1, 0.15) is 17.2 Å². The molecule has 2 N–H and O–H groups in total. The number of benzene rings is 2. The molecule has 206 valence electrons. The Morgan fingerprint density at radius 2 is 1.98 bits per heavy atom. The Kier molecular flexibility index (Phi) is 6.46. The fraction of sp³-hybridized carbons (Fsp3) is 0.393. The largest absolute Gasteiger partial charge is 0.367 e. The second-order valence-corrected chi connectivity index (χ2v) is 10.5. The van der Waals surface area contributed by atoms with Gasteiger partial charge in [0.05, 0.1) is 41.1 Å².